The fourth-order valence-corrected chi connectivity index (χ4v) is 1.61. The zero-order chi connectivity index (χ0) is 11.3. The van der Waals surface area contributed by atoms with Crippen LogP contribution in [-0.2, 0) is 11.3 Å². The highest BCUT2D eigenvalue weighted by molar-refractivity contribution is 6.35. The molecule has 2 N–H and O–H groups in total. The molecule has 0 aliphatic rings. The number of ether oxygens (including phenoxy) is 1. The summed E-state index contributed by atoms with van der Waals surface area (Å²) in [5, 5.41) is 1.26. The number of halogens is 2. The van der Waals surface area contributed by atoms with Gasteiger partial charge in [0.25, 0.3) is 0 Å². The Morgan fingerprint density at radius 2 is 1.93 bits per heavy atom. The molecule has 1 atom stereocenters. The van der Waals surface area contributed by atoms with E-state index >= 15 is 0 Å². The summed E-state index contributed by atoms with van der Waals surface area (Å²) in [6.45, 7) is 2.96. The molecule has 0 fully saturated rings. The van der Waals surface area contributed by atoms with E-state index in [9.17, 15) is 0 Å². The van der Waals surface area contributed by atoms with E-state index < -0.39 is 0 Å². The highest BCUT2D eigenvalue weighted by Crippen LogP contribution is 2.24. The first-order chi connectivity index (χ1) is 7.15. The van der Waals surface area contributed by atoms with Crippen LogP contribution in [-0.4, -0.2) is 12.6 Å². The molecule has 0 aliphatic heterocycles. The Hall–Kier alpha value is -0.280. The molecule has 2 nitrogen and oxygen atoms in total. The van der Waals surface area contributed by atoms with Gasteiger partial charge in [-0.15, -0.1) is 0 Å². The average molecular weight is 248 g/mol. The zero-order valence-corrected chi connectivity index (χ0v) is 10.2. The Labute approximate surface area is 100 Å². The van der Waals surface area contributed by atoms with Crippen LogP contribution in [0.1, 0.15) is 18.9 Å². The first kappa shape index (κ1) is 12.8. The van der Waals surface area contributed by atoms with Crippen LogP contribution in [0.2, 0.25) is 10.0 Å². The molecule has 0 bridgehead atoms. The van der Waals surface area contributed by atoms with Crippen LogP contribution in [0.3, 0.4) is 0 Å². The number of hydrogen-bond donors (Lipinski definition) is 1. The van der Waals surface area contributed by atoms with Crippen LogP contribution in [0.25, 0.3) is 0 Å². The molecule has 0 unspecified atom stereocenters. The molecular weight excluding hydrogens is 233 g/mol. The summed E-state index contributed by atoms with van der Waals surface area (Å²) < 4.78 is 5.44. The van der Waals surface area contributed by atoms with Crippen molar-refractivity contribution in [2.24, 2.45) is 5.73 Å². The predicted molar refractivity (Wildman–Crippen MR) is 64.4 cm³/mol. The summed E-state index contributed by atoms with van der Waals surface area (Å²) in [5.74, 6) is 0. The van der Waals surface area contributed by atoms with Crippen molar-refractivity contribution in [3.8, 4) is 0 Å². The maximum absolute atomic E-state index is 5.98. The van der Waals surface area contributed by atoms with Crippen LogP contribution < -0.4 is 5.73 Å². The van der Waals surface area contributed by atoms with Crippen LogP contribution in [0.4, 0.5) is 0 Å². The van der Waals surface area contributed by atoms with Gasteiger partial charge in [0.2, 0.25) is 0 Å². The second-order valence-electron chi connectivity index (χ2n) is 3.38. The fraction of sp³-hybridized carbons (Fsp3) is 0.455. The molecule has 1 rings (SSSR count). The summed E-state index contributed by atoms with van der Waals surface area (Å²) in [4.78, 5) is 0. The molecule has 4 heteroatoms. The summed E-state index contributed by atoms with van der Waals surface area (Å²) >= 11 is 12.0. The molecule has 84 valence electrons. The normalized spacial score (nSPS) is 12.8. The first-order valence-corrected chi connectivity index (χ1v) is 5.67. The van der Waals surface area contributed by atoms with E-state index in [1.165, 1.54) is 0 Å². The van der Waals surface area contributed by atoms with Crippen LogP contribution in [0, 0.1) is 0 Å². The fourth-order valence-electron chi connectivity index (χ4n) is 1.10. The summed E-state index contributed by atoms with van der Waals surface area (Å²) in [5.41, 5.74) is 6.55. The number of benzene rings is 1. The third-order valence-corrected chi connectivity index (χ3v) is 2.87. The lowest BCUT2D eigenvalue weighted by atomic mass is 10.2. The third kappa shape index (κ3) is 3.99. The molecule has 0 saturated heterocycles. The molecule has 0 amide bonds. The second-order valence-corrected chi connectivity index (χ2v) is 4.20. The number of hydrogen-bond acceptors (Lipinski definition) is 2. The van der Waals surface area contributed by atoms with E-state index in [-0.39, 0.29) is 6.04 Å². The lowest BCUT2D eigenvalue weighted by molar-refractivity contribution is 0.107. The van der Waals surface area contributed by atoms with Gasteiger partial charge in [-0.1, -0.05) is 36.2 Å². The quantitative estimate of drug-likeness (QED) is 0.868. The molecule has 0 spiro atoms. The minimum atomic E-state index is 0.0752. The molecule has 0 saturated carbocycles. The standard InChI is InChI=1S/C11H15Cl2NO/c1-2-8(14)6-15-7-9-10(12)4-3-5-11(9)13/h3-5,8H,2,6-7,14H2,1H3/t8-/m0/s1. The Bertz CT molecular complexity index is 297. The Morgan fingerprint density at radius 3 is 2.47 bits per heavy atom. The van der Waals surface area contributed by atoms with Crippen molar-refractivity contribution < 1.29 is 4.74 Å². The van der Waals surface area contributed by atoms with Gasteiger partial charge >= 0.3 is 0 Å². The van der Waals surface area contributed by atoms with Crippen LogP contribution in [0.5, 0.6) is 0 Å². The number of nitrogens with two attached hydrogens (primary N) is 1. The van der Waals surface area contributed by atoms with E-state index in [1.54, 1.807) is 12.1 Å². The topological polar surface area (TPSA) is 35.2 Å². The smallest absolute Gasteiger partial charge is 0.0746 e. The summed E-state index contributed by atoms with van der Waals surface area (Å²) in [6.07, 6.45) is 0.899. The molecule has 0 radical (unpaired) electrons. The molecule has 1 aromatic carbocycles. The van der Waals surface area contributed by atoms with Crippen LogP contribution in [0.15, 0.2) is 18.2 Å². The maximum Gasteiger partial charge on any atom is 0.0746 e. The van der Waals surface area contributed by atoms with Gasteiger partial charge < -0.3 is 10.5 Å². The van der Waals surface area contributed by atoms with Crippen LogP contribution >= 0.6 is 23.2 Å². The van der Waals surface area contributed by atoms with Crippen molar-refractivity contribution in [1.29, 1.82) is 0 Å². The van der Waals surface area contributed by atoms with E-state index in [4.69, 9.17) is 33.7 Å². The van der Waals surface area contributed by atoms with Crippen molar-refractivity contribution in [1.82, 2.24) is 0 Å². The van der Waals surface area contributed by atoms with Gasteiger partial charge in [-0.3, -0.25) is 0 Å². The van der Waals surface area contributed by atoms with Gasteiger partial charge in [0.1, 0.15) is 0 Å². The highest BCUT2D eigenvalue weighted by Gasteiger charge is 2.06. The van der Waals surface area contributed by atoms with Gasteiger partial charge in [0.05, 0.1) is 13.2 Å². The van der Waals surface area contributed by atoms with Crippen molar-refractivity contribution >= 4 is 23.2 Å². The zero-order valence-electron chi connectivity index (χ0n) is 8.67. The largest absolute Gasteiger partial charge is 0.375 e. The molecule has 1 aromatic rings. The van der Waals surface area contributed by atoms with Gasteiger partial charge in [-0.05, 0) is 18.6 Å². The molecule has 15 heavy (non-hydrogen) atoms. The van der Waals surface area contributed by atoms with Crippen molar-refractivity contribution in [2.45, 2.75) is 26.0 Å². The van der Waals surface area contributed by atoms with E-state index in [2.05, 4.69) is 0 Å². The SMILES string of the molecule is CC[C@H](N)COCc1c(Cl)cccc1Cl. The minimum Gasteiger partial charge on any atom is -0.375 e. The monoisotopic (exact) mass is 247 g/mol. The predicted octanol–water partition coefficient (Wildman–Crippen LogP) is 3.25. The van der Waals surface area contributed by atoms with Gasteiger partial charge in [0, 0.05) is 21.7 Å². The second kappa shape index (κ2) is 6.33. The summed E-state index contributed by atoms with van der Waals surface area (Å²) in [7, 11) is 0. The first-order valence-electron chi connectivity index (χ1n) is 4.91. The Morgan fingerprint density at radius 1 is 1.33 bits per heavy atom. The Kier molecular flexibility index (Phi) is 5.40. The molecular formula is C11H15Cl2NO. The lowest BCUT2D eigenvalue weighted by Crippen LogP contribution is -2.24. The summed E-state index contributed by atoms with van der Waals surface area (Å²) in [6, 6.07) is 5.48. The van der Waals surface area contributed by atoms with Crippen molar-refractivity contribution in [2.75, 3.05) is 6.61 Å². The molecule has 0 heterocycles. The van der Waals surface area contributed by atoms with Gasteiger partial charge in [-0.2, -0.15) is 0 Å². The number of rotatable bonds is 5. The van der Waals surface area contributed by atoms with Gasteiger partial charge in [-0.25, -0.2) is 0 Å². The van der Waals surface area contributed by atoms with E-state index in [0.717, 1.165) is 12.0 Å². The maximum atomic E-state index is 5.98. The van der Waals surface area contributed by atoms with Crippen molar-refractivity contribution in [3.63, 3.8) is 0 Å². The lowest BCUT2D eigenvalue weighted by Gasteiger charge is -2.11. The van der Waals surface area contributed by atoms with Gasteiger partial charge in [0.15, 0.2) is 0 Å². The minimum absolute atomic E-state index is 0.0752. The Balaban J connectivity index is 2.50. The van der Waals surface area contributed by atoms with E-state index in [0.29, 0.717) is 23.3 Å². The van der Waals surface area contributed by atoms with E-state index in [1.807, 2.05) is 13.0 Å². The highest BCUT2D eigenvalue weighted by atomic mass is 35.5. The third-order valence-electron chi connectivity index (χ3n) is 2.16. The average Bonchev–Trinajstić information content (AvgIpc) is 2.22. The van der Waals surface area contributed by atoms with Crippen molar-refractivity contribution in [3.05, 3.63) is 33.8 Å². The molecule has 0 aliphatic carbocycles. The molecule has 0 aromatic heterocycles.